The van der Waals surface area contributed by atoms with Crippen LogP contribution < -0.4 is 14.4 Å². The van der Waals surface area contributed by atoms with Gasteiger partial charge in [0.2, 0.25) is 11.8 Å². The maximum atomic E-state index is 5.91. The van der Waals surface area contributed by atoms with E-state index in [2.05, 4.69) is 45.0 Å². The van der Waals surface area contributed by atoms with Crippen molar-refractivity contribution in [2.24, 2.45) is 4.99 Å². The second kappa shape index (κ2) is 11.2. The molecule has 3 aromatic rings. The summed E-state index contributed by atoms with van der Waals surface area (Å²) in [6.45, 7) is 6.45. The highest BCUT2D eigenvalue weighted by atomic mass is 16.5. The Hall–Kier alpha value is -3.45. The van der Waals surface area contributed by atoms with E-state index in [1.54, 1.807) is 6.20 Å². The van der Waals surface area contributed by atoms with E-state index in [1.165, 1.54) is 5.56 Å². The molecule has 0 atom stereocenters. The first-order chi connectivity index (χ1) is 15.8. The van der Waals surface area contributed by atoms with Gasteiger partial charge < -0.3 is 19.1 Å². The zero-order chi connectivity index (χ0) is 22.0. The number of ether oxygens (including phenoxy) is 3. The summed E-state index contributed by atoms with van der Waals surface area (Å²) in [7, 11) is 0. The Morgan fingerprint density at radius 2 is 1.84 bits per heavy atom. The van der Waals surface area contributed by atoms with Gasteiger partial charge in [0, 0.05) is 43.3 Å². The van der Waals surface area contributed by atoms with Crippen molar-refractivity contribution in [1.82, 2.24) is 9.97 Å². The first-order valence-electron chi connectivity index (χ1n) is 10.8. The molecule has 32 heavy (non-hydrogen) atoms. The van der Waals surface area contributed by atoms with Gasteiger partial charge in [-0.05, 0) is 24.6 Å². The molecule has 0 N–H and O–H groups in total. The summed E-state index contributed by atoms with van der Waals surface area (Å²) in [6, 6.07) is 17.9. The monoisotopic (exact) mass is 432 g/mol. The van der Waals surface area contributed by atoms with E-state index in [4.69, 9.17) is 14.2 Å². The summed E-state index contributed by atoms with van der Waals surface area (Å²) in [4.78, 5) is 15.7. The molecule has 1 aliphatic rings. The largest absolute Gasteiger partial charge is 0.474 e. The molecule has 0 spiro atoms. The minimum absolute atomic E-state index is 0.377. The first kappa shape index (κ1) is 21.8. The molecule has 1 fully saturated rings. The molecule has 0 amide bonds. The molecule has 0 radical (unpaired) electrons. The van der Waals surface area contributed by atoms with Crippen LogP contribution in [0.4, 0.5) is 5.69 Å². The molecular weight excluding hydrogens is 404 g/mol. The smallest absolute Gasteiger partial charge is 0.215 e. The van der Waals surface area contributed by atoms with E-state index < -0.39 is 0 Å². The third-order valence-electron chi connectivity index (χ3n) is 4.97. The van der Waals surface area contributed by atoms with Gasteiger partial charge in [-0.25, -0.2) is 9.97 Å². The number of pyridine rings is 2. The molecule has 1 aliphatic heterocycles. The fourth-order valence-electron chi connectivity index (χ4n) is 3.42. The molecule has 1 aromatic carbocycles. The number of morpholine rings is 1. The average Bonchev–Trinajstić information content (AvgIpc) is 2.83. The van der Waals surface area contributed by atoms with Crippen LogP contribution in [-0.2, 0) is 11.3 Å². The summed E-state index contributed by atoms with van der Waals surface area (Å²) in [5.41, 5.74) is 4.23. The van der Waals surface area contributed by atoms with Crippen molar-refractivity contribution in [2.45, 2.75) is 13.5 Å². The van der Waals surface area contributed by atoms with Gasteiger partial charge in [0.05, 0.1) is 25.5 Å². The van der Waals surface area contributed by atoms with Gasteiger partial charge in [0.15, 0.2) is 0 Å². The van der Waals surface area contributed by atoms with Crippen molar-refractivity contribution in [3.8, 4) is 11.8 Å². The Balaban J connectivity index is 1.42. The molecule has 3 heterocycles. The average molecular weight is 433 g/mol. The Labute approximate surface area is 188 Å². The molecule has 0 aliphatic carbocycles. The van der Waals surface area contributed by atoms with Crippen LogP contribution in [-0.4, -0.2) is 55.7 Å². The van der Waals surface area contributed by atoms with Gasteiger partial charge in [0.25, 0.3) is 0 Å². The Morgan fingerprint density at radius 1 is 1.00 bits per heavy atom. The predicted octanol–water partition coefficient (Wildman–Crippen LogP) is 3.70. The summed E-state index contributed by atoms with van der Waals surface area (Å²) < 4.78 is 17.0. The van der Waals surface area contributed by atoms with E-state index >= 15 is 0 Å². The van der Waals surface area contributed by atoms with Crippen LogP contribution >= 0.6 is 0 Å². The van der Waals surface area contributed by atoms with Crippen LogP contribution in [0.15, 0.2) is 65.8 Å². The third-order valence-corrected chi connectivity index (χ3v) is 4.97. The fourth-order valence-corrected chi connectivity index (χ4v) is 3.42. The number of benzene rings is 1. The van der Waals surface area contributed by atoms with Crippen molar-refractivity contribution in [1.29, 1.82) is 0 Å². The van der Waals surface area contributed by atoms with Gasteiger partial charge in [-0.15, -0.1) is 0 Å². The highest BCUT2D eigenvalue weighted by molar-refractivity contribution is 5.79. The number of anilines is 1. The van der Waals surface area contributed by atoms with Crippen molar-refractivity contribution in [3.05, 3.63) is 77.6 Å². The van der Waals surface area contributed by atoms with Gasteiger partial charge >= 0.3 is 0 Å². The van der Waals surface area contributed by atoms with Gasteiger partial charge in [-0.2, -0.15) is 0 Å². The Kier molecular flexibility index (Phi) is 7.65. The maximum absolute atomic E-state index is 5.91. The van der Waals surface area contributed by atoms with Crippen LogP contribution in [0.25, 0.3) is 0 Å². The number of rotatable bonds is 9. The second-order valence-electron chi connectivity index (χ2n) is 7.50. The SMILES string of the molecule is Cc1cccc(C=NCc2cc(N3CCOCC3)cc(OCCOc3ccccn3)n2)c1. The minimum atomic E-state index is 0.377. The number of aryl methyl sites for hydroxylation is 1. The van der Waals surface area contributed by atoms with Crippen LogP contribution in [0.3, 0.4) is 0 Å². The molecule has 166 valence electrons. The van der Waals surface area contributed by atoms with Crippen LogP contribution in [0.5, 0.6) is 11.8 Å². The lowest BCUT2D eigenvalue weighted by Crippen LogP contribution is -2.36. The standard InChI is InChI=1S/C25H28N4O3/c1-20-5-4-6-21(15-20)18-26-19-22-16-23(29-9-11-30-12-10-29)17-25(28-22)32-14-13-31-24-7-2-3-8-27-24/h2-8,15-18H,9-14,19H2,1H3. The zero-order valence-corrected chi connectivity index (χ0v) is 18.3. The van der Waals surface area contributed by atoms with Gasteiger partial charge in [-0.1, -0.05) is 35.9 Å². The molecule has 0 bridgehead atoms. The highest BCUT2D eigenvalue weighted by Crippen LogP contribution is 2.23. The predicted molar refractivity (Wildman–Crippen MR) is 125 cm³/mol. The molecule has 0 unspecified atom stereocenters. The number of aliphatic imine (C=N–C) groups is 1. The third kappa shape index (κ3) is 6.52. The molecule has 0 saturated carbocycles. The van der Waals surface area contributed by atoms with E-state index in [0.717, 1.165) is 43.2 Å². The molecule has 2 aromatic heterocycles. The minimum Gasteiger partial charge on any atom is -0.474 e. The van der Waals surface area contributed by atoms with E-state index in [0.29, 0.717) is 31.5 Å². The van der Waals surface area contributed by atoms with Gasteiger partial charge in [0.1, 0.15) is 13.2 Å². The van der Waals surface area contributed by atoms with Gasteiger partial charge in [-0.3, -0.25) is 4.99 Å². The lowest BCUT2D eigenvalue weighted by molar-refractivity contribution is 0.122. The summed E-state index contributed by atoms with van der Waals surface area (Å²) >= 11 is 0. The lowest BCUT2D eigenvalue weighted by atomic mass is 10.1. The van der Waals surface area contributed by atoms with E-state index in [9.17, 15) is 0 Å². The first-order valence-corrected chi connectivity index (χ1v) is 10.8. The zero-order valence-electron chi connectivity index (χ0n) is 18.3. The molecule has 7 heteroatoms. The molecule has 4 rings (SSSR count). The fraction of sp³-hybridized carbons (Fsp3) is 0.320. The van der Waals surface area contributed by atoms with Crippen LogP contribution in [0, 0.1) is 6.92 Å². The molecule has 1 saturated heterocycles. The summed E-state index contributed by atoms with van der Waals surface area (Å²) in [5.74, 6) is 1.15. The number of aromatic nitrogens is 2. The molecular formula is C25H28N4O3. The lowest BCUT2D eigenvalue weighted by Gasteiger charge is -2.29. The van der Waals surface area contributed by atoms with Crippen LogP contribution in [0.2, 0.25) is 0 Å². The van der Waals surface area contributed by atoms with Crippen molar-refractivity contribution in [2.75, 3.05) is 44.4 Å². The maximum Gasteiger partial charge on any atom is 0.215 e. The van der Waals surface area contributed by atoms with Crippen molar-refractivity contribution >= 4 is 11.9 Å². The van der Waals surface area contributed by atoms with Crippen molar-refractivity contribution in [3.63, 3.8) is 0 Å². The number of nitrogens with zero attached hydrogens (tertiary/aromatic N) is 4. The quantitative estimate of drug-likeness (QED) is 0.379. The normalized spacial score (nSPS) is 14.0. The second-order valence-corrected chi connectivity index (χ2v) is 7.50. The number of hydrogen-bond acceptors (Lipinski definition) is 7. The Bertz CT molecular complexity index is 1020. The summed E-state index contributed by atoms with van der Waals surface area (Å²) in [5, 5.41) is 0. The van der Waals surface area contributed by atoms with Crippen LogP contribution in [0.1, 0.15) is 16.8 Å². The van der Waals surface area contributed by atoms with E-state index in [-0.39, 0.29) is 0 Å². The summed E-state index contributed by atoms with van der Waals surface area (Å²) in [6.07, 6.45) is 3.59. The van der Waals surface area contributed by atoms with Crippen molar-refractivity contribution < 1.29 is 14.2 Å². The number of hydrogen-bond donors (Lipinski definition) is 0. The Morgan fingerprint density at radius 3 is 2.62 bits per heavy atom. The highest BCUT2D eigenvalue weighted by Gasteiger charge is 2.14. The molecule has 7 nitrogen and oxygen atoms in total. The topological polar surface area (TPSA) is 69.1 Å². The van der Waals surface area contributed by atoms with E-state index in [1.807, 2.05) is 42.6 Å².